The Balaban J connectivity index is 2.19. The lowest BCUT2D eigenvalue weighted by Crippen LogP contribution is -2.47. The van der Waals surface area contributed by atoms with Crippen molar-refractivity contribution in [2.75, 3.05) is 0 Å². The summed E-state index contributed by atoms with van der Waals surface area (Å²) in [6.45, 7) is 8.56. The van der Waals surface area contributed by atoms with Gasteiger partial charge in [-0.3, -0.25) is 0 Å². The molecule has 6 heteroatoms. The van der Waals surface area contributed by atoms with E-state index in [2.05, 4.69) is 5.32 Å². The first kappa shape index (κ1) is 16.5. The second-order valence-electron chi connectivity index (χ2n) is 6.22. The molecule has 21 heavy (non-hydrogen) atoms. The zero-order valence-corrected chi connectivity index (χ0v) is 14.1. The van der Waals surface area contributed by atoms with Gasteiger partial charge in [0.15, 0.2) is 0 Å². The van der Waals surface area contributed by atoms with Crippen LogP contribution in [0.5, 0.6) is 0 Å². The number of hydrogen-bond acceptors (Lipinski definition) is 4. The highest BCUT2D eigenvalue weighted by Crippen LogP contribution is 2.30. The van der Waals surface area contributed by atoms with Crippen molar-refractivity contribution in [3.8, 4) is 0 Å². The van der Waals surface area contributed by atoms with E-state index in [0.29, 0.717) is 18.3 Å². The van der Waals surface area contributed by atoms with E-state index in [1.165, 1.54) is 0 Å². The second kappa shape index (κ2) is 6.50. The Morgan fingerprint density at radius 1 is 1.29 bits per heavy atom. The lowest BCUT2D eigenvalue weighted by Gasteiger charge is -2.36. The molecule has 2 heterocycles. The molecule has 0 bridgehead atoms. The van der Waals surface area contributed by atoms with Gasteiger partial charge in [-0.2, -0.15) is 4.31 Å². The first-order chi connectivity index (χ1) is 9.82. The number of sulfonamides is 1. The van der Waals surface area contributed by atoms with Gasteiger partial charge >= 0.3 is 0 Å². The summed E-state index contributed by atoms with van der Waals surface area (Å²) in [7, 11) is -3.54. The summed E-state index contributed by atoms with van der Waals surface area (Å²) >= 11 is 0. The normalized spacial score (nSPS) is 24.6. The van der Waals surface area contributed by atoms with Crippen LogP contribution in [0.3, 0.4) is 0 Å². The molecule has 1 N–H and O–H groups in total. The Labute approximate surface area is 127 Å². The van der Waals surface area contributed by atoms with Crippen LogP contribution >= 0.6 is 0 Å². The Morgan fingerprint density at radius 2 is 1.90 bits per heavy atom. The molecule has 0 unspecified atom stereocenters. The molecule has 0 spiro atoms. The average molecular weight is 314 g/mol. The molecule has 1 aromatic rings. The third-order valence-corrected chi connectivity index (χ3v) is 5.97. The van der Waals surface area contributed by atoms with E-state index >= 15 is 0 Å². The minimum Gasteiger partial charge on any atom is -0.447 e. The van der Waals surface area contributed by atoms with Gasteiger partial charge in [0.1, 0.15) is 5.76 Å². The van der Waals surface area contributed by atoms with Gasteiger partial charge < -0.3 is 9.73 Å². The maximum absolute atomic E-state index is 12.8. The summed E-state index contributed by atoms with van der Waals surface area (Å²) < 4.78 is 32.7. The predicted molar refractivity (Wildman–Crippen MR) is 82.5 cm³/mol. The van der Waals surface area contributed by atoms with Crippen LogP contribution in [0.4, 0.5) is 0 Å². The molecule has 0 saturated carbocycles. The van der Waals surface area contributed by atoms with Crippen LogP contribution in [0.25, 0.3) is 0 Å². The number of furan rings is 1. The maximum atomic E-state index is 12.8. The first-order valence-electron chi connectivity index (χ1n) is 7.68. The largest absolute Gasteiger partial charge is 0.447 e. The van der Waals surface area contributed by atoms with Crippen molar-refractivity contribution in [1.29, 1.82) is 0 Å². The van der Waals surface area contributed by atoms with Crippen molar-refractivity contribution in [2.24, 2.45) is 0 Å². The second-order valence-corrected chi connectivity index (χ2v) is 7.99. The molecule has 1 aliphatic heterocycles. The van der Waals surface area contributed by atoms with Gasteiger partial charge in [0.25, 0.3) is 10.0 Å². The van der Waals surface area contributed by atoms with Gasteiger partial charge in [-0.1, -0.05) is 20.3 Å². The smallest absolute Gasteiger partial charge is 0.276 e. The van der Waals surface area contributed by atoms with Gasteiger partial charge in [0.05, 0.1) is 6.54 Å². The monoisotopic (exact) mass is 314 g/mol. The van der Waals surface area contributed by atoms with Gasteiger partial charge in [-0.25, -0.2) is 8.42 Å². The quantitative estimate of drug-likeness (QED) is 0.907. The van der Waals surface area contributed by atoms with Crippen LogP contribution in [0, 0.1) is 0 Å². The van der Waals surface area contributed by atoms with Crippen molar-refractivity contribution < 1.29 is 12.8 Å². The number of piperidine rings is 1. The minimum atomic E-state index is -3.54. The summed E-state index contributed by atoms with van der Waals surface area (Å²) in [5, 5.41) is 3.28. The standard InChI is InChI=1S/C15H26N2O3S/c1-11(2)16-10-14-8-9-15(20-14)21(18,19)17-12(3)6-5-7-13(17)4/h8-9,11-13,16H,5-7,10H2,1-4H3/t12-,13+. The fourth-order valence-electron chi connectivity index (χ4n) is 2.87. The summed E-state index contributed by atoms with van der Waals surface area (Å²) in [5.74, 6) is 0.652. The fourth-order valence-corrected chi connectivity index (χ4v) is 4.69. The third kappa shape index (κ3) is 3.67. The van der Waals surface area contributed by atoms with E-state index in [-0.39, 0.29) is 17.2 Å². The molecule has 0 amide bonds. The van der Waals surface area contributed by atoms with Crippen LogP contribution in [0.1, 0.15) is 52.7 Å². The average Bonchev–Trinajstić information content (AvgIpc) is 2.85. The Hall–Kier alpha value is -0.850. The number of rotatable bonds is 5. The maximum Gasteiger partial charge on any atom is 0.276 e. The van der Waals surface area contributed by atoms with Gasteiger partial charge in [0, 0.05) is 18.1 Å². The molecule has 2 rings (SSSR count). The van der Waals surface area contributed by atoms with E-state index in [0.717, 1.165) is 19.3 Å². The van der Waals surface area contributed by atoms with Gasteiger partial charge in [-0.05, 0) is 38.8 Å². The molecule has 0 aliphatic carbocycles. The van der Waals surface area contributed by atoms with E-state index < -0.39 is 10.0 Å². The number of nitrogens with zero attached hydrogens (tertiary/aromatic N) is 1. The summed E-state index contributed by atoms with van der Waals surface area (Å²) in [6, 6.07) is 3.70. The van der Waals surface area contributed by atoms with Crippen LogP contribution in [-0.2, 0) is 16.6 Å². The van der Waals surface area contributed by atoms with Crippen LogP contribution in [-0.4, -0.2) is 30.8 Å². The van der Waals surface area contributed by atoms with E-state index in [1.807, 2.05) is 27.7 Å². The van der Waals surface area contributed by atoms with E-state index in [4.69, 9.17) is 4.42 Å². The topological polar surface area (TPSA) is 62.6 Å². The Bertz CT molecular complexity index is 555. The first-order valence-corrected chi connectivity index (χ1v) is 9.12. The molecule has 2 atom stereocenters. The third-order valence-electron chi connectivity index (χ3n) is 3.97. The molecular weight excluding hydrogens is 288 g/mol. The van der Waals surface area contributed by atoms with Crippen molar-refractivity contribution in [2.45, 2.75) is 76.7 Å². The van der Waals surface area contributed by atoms with Crippen LogP contribution in [0.15, 0.2) is 21.6 Å². The molecule has 120 valence electrons. The molecule has 5 nitrogen and oxygen atoms in total. The fraction of sp³-hybridized carbons (Fsp3) is 0.733. The summed E-state index contributed by atoms with van der Waals surface area (Å²) in [6.07, 6.45) is 2.90. The van der Waals surface area contributed by atoms with Crippen molar-refractivity contribution in [3.63, 3.8) is 0 Å². The number of nitrogens with one attached hydrogen (secondary N) is 1. The summed E-state index contributed by atoms with van der Waals surface area (Å²) in [4.78, 5) is 0. The highest BCUT2D eigenvalue weighted by molar-refractivity contribution is 7.89. The van der Waals surface area contributed by atoms with Crippen molar-refractivity contribution in [3.05, 3.63) is 17.9 Å². The van der Waals surface area contributed by atoms with Crippen LogP contribution < -0.4 is 5.32 Å². The van der Waals surface area contributed by atoms with Gasteiger partial charge in [-0.15, -0.1) is 0 Å². The minimum absolute atomic E-state index is 0.0288. The predicted octanol–water partition coefficient (Wildman–Crippen LogP) is 2.73. The zero-order valence-electron chi connectivity index (χ0n) is 13.3. The Kier molecular flexibility index (Phi) is 5.11. The number of hydrogen-bond donors (Lipinski definition) is 1. The lowest BCUT2D eigenvalue weighted by molar-refractivity contribution is 0.199. The molecular formula is C15H26N2O3S. The highest BCUT2D eigenvalue weighted by Gasteiger charge is 2.37. The molecule has 1 aliphatic rings. The molecule has 1 aromatic heterocycles. The summed E-state index contributed by atoms with van der Waals surface area (Å²) in [5.41, 5.74) is 0. The molecule has 1 fully saturated rings. The zero-order chi connectivity index (χ0) is 15.6. The van der Waals surface area contributed by atoms with Crippen molar-refractivity contribution in [1.82, 2.24) is 9.62 Å². The van der Waals surface area contributed by atoms with Crippen LogP contribution in [0.2, 0.25) is 0 Å². The highest BCUT2D eigenvalue weighted by atomic mass is 32.2. The van der Waals surface area contributed by atoms with Gasteiger partial charge in [0.2, 0.25) is 5.09 Å². The SMILES string of the molecule is CC(C)NCc1ccc(S(=O)(=O)N2[C@H](C)CCC[C@@H]2C)o1. The lowest BCUT2D eigenvalue weighted by atomic mass is 10.0. The van der Waals surface area contributed by atoms with Crippen molar-refractivity contribution >= 4 is 10.0 Å². The Morgan fingerprint density at radius 3 is 2.48 bits per heavy atom. The molecule has 0 radical (unpaired) electrons. The molecule has 0 aromatic carbocycles. The van der Waals surface area contributed by atoms with E-state index in [1.54, 1.807) is 16.4 Å². The molecule has 1 saturated heterocycles. The van der Waals surface area contributed by atoms with E-state index in [9.17, 15) is 8.42 Å².